The average Bonchev–Trinajstić information content (AvgIpc) is 0.946. The summed E-state index contributed by atoms with van der Waals surface area (Å²) in [5.74, 6) is 2.31. The number of hydrogen-bond acceptors (Lipinski definition) is 15. The van der Waals surface area contributed by atoms with Crippen LogP contribution in [0.4, 0.5) is 14.4 Å². The lowest BCUT2D eigenvalue weighted by Crippen LogP contribution is -2.30. The minimum atomic E-state index is -0.0856. The highest BCUT2D eigenvalue weighted by atomic mass is 32.2. The van der Waals surface area contributed by atoms with Crippen LogP contribution in [0.2, 0.25) is 0 Å². The first-order valence-corrected chi connectivity index (χ1v) is 56.6. The van der Waals surface area contributed by atoms with E-state index in [-0.39, 0.29) is 33.6 Å². The van der Waals surface area contributed by atoms with E-state index < -0.39 is 0 Å². The maximum absolute atomic E-state index is 13.0. The molecule has 0 unspecified atom stereocenters. The molecular formula is C108H210N6O9S3. The Kier molecular flexibility index (Phi) is 108. The number of hydrogen-bond donors (Lipinski definition) is 0. The number of unbranched alkanes of at least 4 members (excludes halogenated alkanes) is 57. The summed E-state index contributed by atoms with van der Waals surface area (Å²) in [6.45, 7) is 22.8. The fourth-order valence-electron chi connectivity index (χ4n) is 15.1. The molecule has 0 N–H and O–H groups in total. The number of nitrogens with zero attached hydrogens (tertiary/aromatic N) is 6. The third kappa shape index (κ3) is 105. The van der Waals surface area contributed by atoms with Gasteiger partial charge in [-0.1, -0.05) is 441 Å². The van der Waals surface area contributed by atoms with Crippen LogP contribution < -0.4 is 0 Å². The fourth-order valence-corrected chi connectivity index (χ4v) is 18.1. The van der Waals surface area contributed by atoms with E-state index in [1.54, 1.807) is 0 Å². The van der Waals surface area contributed by atoms with Gasteiger partial charge in [-0.15, -0.1) is 0 Å². The van der Waals surface area contributed by atoms with Gasteiger partial charge in [0.25, 0.3) is 15.7 Å². The molecule has 18 heteroatoms. The van der Waals surface area contributed by atoms with Crippen LogP contribution >= 0.6 is 35.3 Å². The van der Waals surface area contributed by atoms with Gasteiger partial charge in [0.1, 0.15) is 19.8 Å². The second kappa shape index (κ2) is 107. The summed E-state index contributed by atoms with van der Waals surface area (Å²) in [7, 11) is 12.3. The summed E-state index contributed by atoms with van der Waals surface area (Å²) >= 11 is 4.42. The Hall–Kier alpha value is -3.03. The summed E-state index contributed by atoms with van der Waals surface area (Å²) < 4.78 is 16.0. The number of rotatable bonds is 93. The zero-order chi connectivity index (χ0) is 92.8. The second-order valence-electron chi connectivity index (χ2n) is 36.9. The average molecular weight is 1830 g/mol. The first-order chi connectivity index (χ1) is 61.5. The number of carbonyl (C=O) groups is 6. The third-order valence-corrected chi connectivity index (χ3v) is 26.2. The highest BCUT2D eigenvalue weighted by molar-refractivity contribution is 8.14. The molecule has 15 nitrogen and oxygen atoms in total. The van der Waals surface area contributed by atoms with Crippen molar-refractivity contribution in [2.75, 3.05) is 138 Å². The van der Waals surface area contributed by atoms with Gasteiger partial charge in [-0.2, -0.15) is 0 Å². The molecule has 0 atom stereocenters. The molecular weight excluding hydrogens is 1620 g/mol. The molecule has 126 heavy (non-hydrogen) atoms. The predicted molar refractivity (Wildman–Crippen MR) is 557 cm³/mol. The Morgan fingerprint density at radius 2 is 0.357 bits per heavy atom. The Labute approximate surface area is 795 Å². The van der Waals surface area contributed by atoms with E-state index in [0.717, 1.165) is 211 Å². The summed E-state index contributed by atoms with van der Waals surface area (Å²) in [6, 6.07) is 0. The summed E-state index contributed by atoms with van der Waals surface area (Å²) in [5.41, 5.74) is 0. The minimum Gasteiger partial charge on any atom is -0.461 e. The van der Waals surface area contributed by atoms with Crippen molar-refractivity contribution in [3.05, 3.63) is 36.5 Å². The van der Waals surface area contributed by atoms with Gasteiger partial charge in [0.05, 0.1) is 0 Å². The summed E-state index contributed by atoms with van der Waals surface area (Å²) in [6.07, 6.45) is 96.3. The fraction of sp³-hybridized carbons (Fsp3) is 0.889. The molecule has 3 amide bonds. The zero-order valence-corrected chi connectivity index (χ0v) is 87.9. The molecule has 0 aliphatic heterocycles. The van der Waals surface area contributed by atoms with Crippen molar-refractivity contribution < 1.29 is 43.0 Å². The Morgan fingerprint density at radius 1 is 0.198 bits per heavy atom. The van der Waals surface area contributed by atoms with E-state index >= 15 is 0 Å². The van der Waals surface area contributed by atoms with Crippen molar-refractivity contribution in [2.45, 2.75) is 485 Å². The van der Waals surface area contributed by atoms with Crippen LogP contribution in [-0.2, 0) is 28.6 Å². The maximum Gasteiger partial charge on any atom is 0.306 e. The van der Waals surface area contributed by atoms with E-state index in [9.17, 15) is 28.8 Å². The summed E-state index contributed by atoms with van der Waals surface area (Å²) in [4.78, 5) is 87.2. The molecule has 0 aromatic heterocycles. The molecule has 0 saturated heterocycles. The molecule has 0 spiro atoms. The quantitative estimate of drug-likeness (QED) is 0.0246. The topological polar surface area (TPSA) is 150 Å². The second-order valence-corrected chi connectivity index (χ2v) is 40.1. The van der Waals surface area contributed by atoms with Crippen molar-refractivity contribution in [2.24, 2.45) is 0 Å². The van der Waals surface area contributed by atoms with Crippen molar-refractivity contribution in [3.63, 3.8) is 0 Å². The third-order valence-electron chi connectivity index (χ3n) is 23.5. The van der Waals surface area contributed by atoms with Gasteiger partial charge in [0.15, 0.2) is 0 Å². The molecule has 0 bridgehead atoms. The van der Waals surface area contributed by atoms with Crippen LogP contribution in [0.15, 0.2) is 36.5 Å². The van der Waals surface area contributed by atoms with Crippen LogP contribution in [0, 0.1) is 0 Å². The predicted octanol–water partition coefficient (Wildman–Crippen LogP) is 32.4. The van der Waals surface area contributed by atoms with Gasteiger partial charge < -0.3 is 43.6 Å². The van der Waals surface area contributed by atoms with E-state index in [4.69, 9.17) is 14.2 Å². The first kappa shape index (κ1) is 127. The number of amides is 3. The van der Waals surface area contributed by atoms with Crippen LogP contribution in [0.1, 0.15) is 485 Å². The van der Waals surface area contributed by atoms with E-state index in [0.29, 0.717) is 39.1 Å². The van der Waals surface area contributed by atoms with Crippen molar-refractivity contribution in [3.8, 4) is 0 Å². The van der Waals surface area contributed by atoms with Gasteiger partial charge in [-0.3, -0.25) is 28.8 Å². The van der Waals surface area contributed by atoms with Crippen LogP contribution in [0.25, 0.3) is 0 Å². The van der Waals surface area contributed by atoms with Gasteiger partial charge in [0, 0.05) is 95.4 Å². The normalized spacial score (nSPS) is 11.5. The molecule has 0 aliphatic rings. The monoisotopic (exact) mass is 1830 g/mol. The number of allylic oxidation sites excluding steroid dienone is 3. The molecule has 0 saturated carbocycles. The van der Waals surface area contributed by atoms with Gasteiger partial charge in [0.2, 0.25) is 0 Å². The van der Waals surface area contributed by atoms with Crippen molar-refractivity contribution >= 4 is 68.9 Å². The highest BCUT2D eigenvalue weighted by Gasteiger charge is 2.18. The maximum atomic E-state index is 13.0. The standard InChI is InChI=1S/C40H78N2O3S.C36H70N2O3S.C32H62N2O3S/c1-5-7-9-11-13-14-15-16-17-18-19-20-21-22-26-30-34-42(40(44)46-38-36-41(3)4)35-31-27-24-25-29-33-39(43)45-37-32-28-23-12-10-8-6-2;1-5-7-9-11-13-14-15-16-17-18-22-26-30-38(36(40)42-34-32-37(3)4)31-27-23-20-21-25-29-35(39)41-33-28-24-19-12-10-8-6-2;1-5-7-9-11-13-14-18-22-26-34(32(36)38-30-28-33(3)4)27-23-19-16-17-21-25-31(35)37-29-24-20-15-12-10-8-6-2/h28,32H,5-27,29-31,33-38H2,1-4H3;24,28H,5-23,25-27,29-34H2,1-4H3;20,24H,5-19,21-23,25-30H2,1-4H3/b32-28-;28-24-;24-20-. The Morgan fingerprint density at radius 3 is 0.532 bits per heavy atom. The number of carbonyl (C=O) groups excluding carboxylic acids is 6. The molecule has 0 aromatic carbocycles. The molecule has 744 valence electrons. The smallest absolute Gasteiger partial charge is 0.306 e. The van der Waals surface area contributed by atoms with Crippen LogP contribution in [0.3, 0.4) is 0 Å². The van der Waals surface area contributed by atoms with Gasteiger partial charge in [-0.05, 0) is 139 Å². The van der Waals surface area contributed by atoms with Crippen molar-refractivity contribution in [1.82, 2.24) is 29.4 Å². The van der Waals surface area contributed by atoms with E-state index in [2.05, 4.69) is 131 Å². The minimum absolute atomic E-state index is 0.0824. The SMILES string of the molecule is CCCCCC/C=C\COC(=O)CCCCCCCN(CCCCCCCCCC)C(=O)SCCN(C)C.CCCCCC/C=C\COC(=O)CCCCCCCN(CCCCCCCCCCCCCC)C(=O)SCCN(C)C.CCCCCC/C=C\COC(=O)CCCCCCCN(CCCCCCCCCCCCCCCCCC)C(=O)SCCN(C)C. The number of ether oxygens (including phenoxy) is 3. The lowest BCUT2D eigenvalue weighted by Gasteiger charge is -2.22. The Balaban J connectivity index is -0.00000181. The van der Waals surface area contributed by atoms with Crippen LogP contribution in [0.5, 0.6) is 0 Å². The molecule has 0 aromatic rings. The lowest BCUT2D eigenvalue weighted by atomic mass is 10.0. The zero-order valence-electron chi connectivity index (χ0n) is 85.4. The van der Waals surface area contributed by atoms with Crippen molar-refractivity contribution in [1.29, 1.82) is 0 Å². The molecule has 0 heterocycles. The lowest BCUT2D eigenvalue weighted by molar-refractivity contribution is -0.143. The molecule has 0 radical (unpaired) electrons. The molecule has 0 rings (SSSR count). The van der Waals surface area contributed by atoms with Gasteiger partial charge in [-0.25, -0.2) is 0 Å². The van der Waals surface area contributed by atoms with E-state index in [1.165, 1.54) is 324 Å². The van der Waals surface area contributed by atoms with Crippen LogP contribution in [-0.4, -0.2) is 201 Å². The summed E-state index contributed by atoms with van der Waals surface area (Å²) in [5, 5.41) is 0.741. The molecule has 0 aliphatic carbocycles. The van der Waals surface area contributed by atoms with Gasteiger partial charge >= 0.3 is 17.9 Å². The number of esters is 3. The van der Waals surface area contributed by atoms with E-state index in [1.807, 2.05) is 18.2 Å². The number of thioether (sulfide) groups is 3. The largest absolute Gasteiger partial charge is 0.461 e. The first-order valence-electron chi connectivity index (χ1n) is 53.6. The Bertz CT molecular complexity index is 2380. The molecule has 0 fully saturated rings. The highest BCUT2D eigenvalue weighted by Crippen LogP contribution is 2.22.